The number of ether oxygens (including phenoxy) is 1. The third-order valence-corrected chi connectivity index (χ3v) is 5.76. The van der Waals surface area contributed by atoms with Crippen molar-refractivity contribution in [3.05, 3.63) is 58.9 Å². The lowest BCUT2D eigenvalue weighted by Crippen LogP contribution is -2.09. The Labute approximate surface area is 194 Å². The molecule has 0 bridgehead atoms. The van der Waals surface area contributed by atoms with Gasteiger partial charge in [-0.05, 0) is 59.5 Å². The molecule has 0 aliphatic rings. The molecule has 0 amide bonds. The number of aromatic nitrogens is 2. The van der Waals surface area contributed by atoms with E-state index in [1.807, 2.05) is 24.3 Å². The molecule has 0 atom stereocenters. The highest BCUT2D eigenvalue weighted by molar-refractivity contribution is 5.85. The van der Waals surface area contributed by atoms with Gasteiger partial charge in [-0.3, -0.25) is 0 Å². The number of aromatic amines is 1. The van der Waals surface area contributed by atoms with Gasteiger partial charge in [0.05, 0.1) is 12.3 Å². The Morgan fingerprint density at radius 1 is 1.09 bits per heavy atom. The quantitative estimate of drug-likeness (QED) is 0.300. The Balaban J connectivity index is 1.49. The summed E-state index contributed by atoms with van der Waals surface area (Å²) in [5, 5.41) is 24.9. The van der Waals surface area contributed by atoms with Crippen molar-refractivity contribution >= 4 is 21.9 Å². The predicted molar refractivity (Wildman–Crippen MR) is 131 cm³/mol. The summed E-state index contributed by atoms with van der Waals surface area (Å²) in [6, 6.07) is 12.1. The standard InChI is InChI=1S/C27H34N2O4/c1-5-6-21-24(10-8-20-23(16-27(2,3)4)29-33-26(20)21)32-12-11-19-15-18-13-17(14-25(30)31)7-9-22(18)28-19/h7-10,13,15,25,28,30-31H,5-6,11-12,14,16H2,1-4H3. The number of hydrogen-bond acceptors (Lipinski definition) is 5. The lowest BCUT2D eigenvalue weighted by Gasteiger charge is -2.16. The minimum Gasteiger partial charge on any atom is -0.493 e. The van der Waals surface area contributed by atoms with E-state index < -0.39 is 6.29 Å². The molecule has 6 heteroatoms. The van der Waals surface area contributed by atoms with E-state index in [0.717, 1.165) is 75.8 Å². The van der Waals surface area contributed by atoms with Crippen molar-refractivity contribution in [2.45, 2.75) is 66.1 Å². The minimum atomic E-state index is -1.34. The van der Waals surface area contributed by atoms with Crippen molar-refractivity contribution in [1.29, 1.82) is 0 Å². The average Bonchev–Trinajstić information content (AvgIpc) is 3.31. The van der Waals surface area contributed by atoms with Crippen LogP contribution in [-0.2, 0) is 25.7 Å². The van der Waals surface area contributed by atoms with Crippen molar-refractivity contribution in [1.82, 2.24) is 10.1 Å². The third kappa shape index (κ3) is 5.57. The molecule has 0 saturated carbocycles. The number of rotatable bonds is 9. The van der Waals surface area contributed by atoms with Gasteiger partial charge in [0.1, 0.15) is 5.75 Å². The summed E-state index contributed by atoms with van der Waals surface area (Å²) >= 11 is 0. The Morgan fingerprint density at radius 3 is 2.64 bits per heavy atom. The van der Waals surface area contributed by atoms with Crippen LogP contribution in [-0.4, -0.2) is 33.3 Å². The van der Waals surface area contributed by atoms with Crippen molar-refractivity contribution in [2.75, 3.05) is 6.61 Å². The number of aliphatic hydroxyl groups excluding tert-OH is 1. The molecule has 33 heavy (non-hydrogen) atoms. The van der Waals surface area contributed by atoms with Crippen LogP contribution < -0.4 is 4.74 Å². The number of nitrogens with zero attached hydrogens (tertiary/aromatic N) is 1. The molecule has 2 aromatic heterocycles. The smallest absolute Gasteiger partial charge is 0.174 e. The first-order valence-corrected chi connectivity index (χ1v) is 11.7. The molecule has 2 heterocycles. The summed E-state index contributed by atoms with van der Waals surface area (Å²) in [5.41, 5.74) is 6.09. The first-order valence-electron chi connectivity index (χ1n) is 11.7. The fourth-order valence-corrected chi connectivity index (χ4v) is 4.33. The van der Waals surface area contributed by atoms with Gasteiger partial charge in [-0.15, -0.1) is 0 Å². The molecule has 0 aliphatic carbocycles. The van der Waals surface area contributed by atoms with Gasteiger partial charge in [0.15, 0.2) is 11.9 Å². The molecule has 0 spiro atoms. The van der Waals surface area contributed by atoms with E-state index >= 15 is 0 Å². The molecule has 3 N–H and O–H groups in total. The van der Waals surface area contributed by atoms with Crippen LogP contribution in [0.2, 0.25) is 0 Å². The van der Waals surface area contributed by atoms with Gasteiger partial charge in [0, 0.05) is 35.0 Å². The predicted octanol–water partition coefficient (Wildman–Crippen LogP) is 5.32. The van der Waals surface area contributed by atoms with E-state index in [-0.39, 0.29) is 11.8 Å². The molecule has 4 aromatic rings. The van der Waals surface area contributed by atoms with Gasteiger partial charge < -0.3 is 24.5 Å². The lowest BCUT2D eigenvalue weighted by atomic mass is 9.89. The van der Waals surface area contributed by atoms with E-state index in [9.17, 15) is 10.2 Å². The number of aliphatic hydroxyl groups is 2. The molecule has 2 aromatic carbocycles. The molecule has 176 valence electrons. The fourth-order valence-electron chi connectivity index (χ4n) is 4.33. The van der Waals surface area contributed by atoms with E-state index in [4.69, 9.17) is 9.26 Å². The number of H-pyrrole nitrogens is 1. The molecule has 0 aliphatic heterocycles. The molecule has 0 radical (unpaired) electrons. The highest BCUT2D eigenvalue weighted by Gasteiger charge is 2.20. The largest absolute Gasteiger partial charge is 0.493 e. The monoisotopic (exact) mass is 450 g/mol. The van der Waals surface area contributed by atoms with Crippen molar-refractivity contribution in [3.63, 3.8) is 0 Å². The van der Waals surface area contributed by atoms with Crippen LogP contribution in [0.4, 0.5) is 0 Å². The molecule has 0 fully saturated rings. The second-order valence-electron chi connectivity index (χ2n) is 10.0. The summed E-state index contributed by atoms with van der Waals surface area (Å²) in [4.78, 5) is 3.42. The first-order chi connectivity index (χ1) is 15.7. The maximum absolute atomic E-state index is 9.21. The second-order valence-corrected chi connectivity index (χ2v) is 10.0. The van der Waals surface area contributed by atoms with Crippen molar-refractivity contribution < 1.29 is 19.5 Å². The van der Waals surface area contributed by atoms with Gasteiger partial charge in [-0.1, -0.05) is 45.3 Å². The average molecular weight is 451 g/mol. The van der Waals surface area contributed by atoms with Crippen molar-refractivity contribution in [2.24, 2.45) is 5.41 Å². The van der Waals surface area contributed by atoms with Crippen molar-refractivity contribution in [3.8, 4) is 5.75 Å². The number of aryl methyl sites for hydroxylation is 1. The summed E-state index contributed by atoms with van der Waals surface area (Å²) in [5.74, 6) is 0.859. The zero-order chi connectivity index (χ0) is 23.6. The zero-order valence-electron chi connectivity index (χ0n) is 19.9. The van der Waals surface area contributed by atoms with Gasteiger partial charge in [0.25, 0.3) is 0 Å². The molecule has 0 saturated heterocycles. The maximum atomic E-state index is 9.21. The van der Waals surface area contributed by atoms with Crippen LogP contribution in [0.15, 0.2) is 40.9 Å². The van der Waals surface area contributed by atoms with Crippen LogP contribution >= 0.6 is 0 Å². The van der Waals surface area contributed by atoms with Crippen LogP contribution in [0.25, 0.3) is 21.9 Å². The van der Waals surface area contributed by atoms with E-state index in [0.29, 0.717) is 6.61 Å². The van der Waals surface area contributed by atoms with E-state index in [1.165, 1.54) is 0 Å². The Morgan fingerprint density at radius 2 is 1.91 bits per heavy atom. The van der Waals surface area contributed by atoms with Gasteiger partial charge in [-0.2, -0.15) is 0 Å². The maximum Gasteiger partial charge on any atom is 0.174 e. The topological polar surface area (TPSA) is 91.5 Å². The second kappa shape index (κ2) is 9.57. The van der Waals surface area contributed by atoms with Crippen LogP contribution in [0, 0.1) is 5.41 Å². The number of benzene rings is 2. The molecular weight excluding hydrogens is 416 g/mol. The Hall–Kier alpha value is -2.83. The van der Waals surface area contributed by atoms with Crippen LogP contribution in [0.5, 0.6) is 5.75 Å². The summed E-state index contributed by atoms with van der Waals surface area (Å²) in [6.07, 6.45) is 2.37. The van der Waals surface area contributed by atoms with Crippen LogP contribution in [0.3, 0.4) is 0 Å². The normalized spacial score (nSPS) is 12.3. The Bertz CT molecular complexity index is 1230. The summed E-state index contributed by atoms with van der Waals surface area (Å²) in [6.45, 7) is 9.32. The molecule has 0 unspecified atom stereocenters. The number of hydrogen-bond donors (Lipinski definition) is 3. The third-order valence-electron chi connectivity index (χ3n) is 5.76. The van der Waals surface area contributed by atoms with Crippen LogP contribution in [0.1, 0.15) is 56.6 Å². The first kappa shape index (κ1) is 23.3. The minimum absolute atomic E-state index is 0.141. The highest BCUT2D eigenvalue weighted by Crippen LogP contribution is 2.33. The summed E-state index contributed by atoms with van der Waals surface area (Å²) < 4.78 is 12.0. The number of fused-ring (bicyclic) bond motifs is 2. The lowest BCUT2D eigenvalue weighted by molar-refractivity contribution is -0.0381. The molecular formula is C27H34N2O4. The molecule has 4 rings (SSSR count). The van der Waals surface area contributed by atoms with Gasteiger partial charge in [0.2, 0.25) is 0 Å². The number of nitrogens with one attached hydrogen (secondary N) is 1. The zero-order valence-corrected chi connectivity index (χ0v) is 19.9. The van der Waals surface area contributed by atoms with E-state index in [2.05, 4.69) is 50.0 Å². The molecule has 6 nitrogen and oxygen atoms in total. The SMILES string of the molecule is CCCc1c(OCCc2cc3cc(CC(O)O)ccc3[nH]2)ccc2c(CC(C)(C)C)noc12. The highest BCUT2D eigenvalue weighted by atomic mass is 16.5. The Kier molecular flexibility index (Phi) is 6.77. The summed E-state index contributed by atoms with van der Waals surface area (Å²) in [7, 11) is 0. The fraction of sp³-hybridized carbons (Fsp3) is 0.444. The van der Waals surface area contributed by atoms with E-state index in [1.54, 1.807) is 0 Å². The van der Waals surface area contributed by atoms with Gasteiger partial charge in [-0.25, -0.2) is 0 Å². The van der Waals surface area contributed by atoms with Gasteiger partial charge >= 0.3 is 0 Å².